The molecule has 1 fully saturated rings. The van der Waals surface area contributed by atoms with Crippen LogP contribution in [0.5, 0.6) is 0 Å². The van der Waals surface area contributed by atoms with E-state index in [1.54, 1.807) is 0 Å². The molecule has 2 nitrogen and oxygen atoms in total. The van der Waals surface area contributed by atoms with Crippen LogP contribution in [0, 0.1) is 11.3 Å². The molecule has 1 aliphatic rings. The van der Waals surface area contributed by atoms with Crippen LogP contribution in [-0.4, -0.2) is 18.8 Å². The average Bonchev–Trinajstić information content (AvgIpc) is 2.10. The predicted octanol–water partition coefficient (Wildman–Crippen LogP) is 3.35. The van der Waals surface area contributed by atoms with Crippen molar-refractivity contribution in [3.63, 3.8) is 0 Å². The molecule has 0 spiro atoms. The first kappa shape index (κ1) is 14.0. The van der Waals surface area contributed by atoms with Crippen molar-refractivity contribution in [1.82, 2.24) is 0 Å². The fourth-order valence-electron chi connectivity index (χ4n) is 2.40. The summed E-state index contributed by atoms with van der Waals surface area (Å²) in [7, 11) is 0. The van der Waals surface area contributed by atoms with Crippen LogP contribution in [0.25, 0.3) is 0 Å². The van der Waals surface area contributed by atoms with Crippen LogP contribution in [0.15, 0.2) is 0 Å². The van der Waals surface area contributed by atoms with E-state index in [2.05, 4.69) is 27.7 Å². The van der Waals surface area contributed by atoms with Crippen molar-refractivity contribution in [3.05, 3.63) is 0 Å². The molecule has 0 aromatic heterocycles. The van der Waals surface area contributed by atoms with Gasteiger partial charge in [0.25, 0.3) is 0 Å². The van der Waals surface area contributed by atoms with Crippen molar-refractivity contribution in [2.24, 2.45) is 17.1 Å². The van der Waals surface area contributed by atoms with Crippen LogP contribution < -0.4 is 5.73 Å². The van der Waals surface area contributed by atoms with E-state index in [9.17, 15) is 0 Å². The maximum atomic E-state index is 6.17. The molecule has 0 radical (unpaired) electrons. The van der Waals surface area contributed by atoms with E-state index in [1.165, 1.54) is 32.1 Å². The van der Waals surface area contributed by atoms with Crippen LogP contribution in [0.4, 0.5) is 0 Å². The monoisotopic (exact) mass is 227 g/mol. The van der Waals surface area contributed by atoms with Crippen LogP contribution >= 0.6 is 0 Å². The van der Waals surface area contributed by atoms with Gasteiger partial charge in [0.1, 0.15) is 0 Å². The van der Waals surface area contributed by atoms with Crippen LogP contribution in [0.2, 0.25) is 0 Å². The predicted molar refractivity (Wildman–Crippen MR) is 69.4 cm³/mol. The molecular formula is C14H29NO. The fourth-order valence-corrected chi connectivity index (χ4v) is 2.40. The molecule has 0 saturated heterocycles. The summed E-state index contributed by atoms with van der Waals surface area (Å²) < 4.78 is 5.56. The number of rotatable bonds is 6. The molecule has 16 heavy (non-hydrogen) atoms. The quantitative estimate of drug-likeness (QED) is 0.755. The molecule has 96 valence electrons. The highest BCUT2D eigenvalue weighted by molar-refractivity contribution is 4.83. The molecule has 1 aliphatic carbocycles. The summed E-state index contributed by atoms with van der Waals surface area (Å²) in [5.41, 5.74) is 6.59. The molecule has 0 aromatic carbocycles. The fraction of sp³-hybridized carbons (Fsp3) is 1.00. The molecule has 1 rings (SSSR count). The lowest BCUT2D eigenvalue weighted by atomic mass is 9.77. The second-order valence-electron chi connectivity index (χ2n) is 6.51. The highest BCUT2D eigenvalue weighted by atomic mass is 16.5. The third kappa shape index (κ3) is 5.31. The van der Waals surface area contributed by atoms with Gasteiger partial charge in [0.05, 0.1) is 6.10 Å². The van der Waals surface area contributed by atoms with Crippen molar-refractivity contribution in [2.45, 2.75) is 71.9 Å². The van der Waals surface area contributed by atoms with E-state index in [4.69, 9.17) is 10.5 Å². The minimum absolute atomic E-state index is 0.395. The van der Waals surface area contributed by atoms with Crippen molar-refractivity contribution in [1.29, 1.82) is 0 Å². The van der Waals surface area contributed by atoms with E-state index in [-0.39, 0.29) is 0 Å². The van der Waals surface area contributed by atoms with Gasteiger partial charge in [-0.2, -0.15) is 0 Å². The maximum Gasteiger partial charge on any atom is 0.0580 e. The van der Waals surface area contributed by atoms with Gasteiger partial charge in [-0.25, -0.2) is 0 Å². The van der Waals surface area contributed by atoms with Gasteiger partial charge >= 0.3 is 0 Å². The molecule has 1 atom stereocenters. The second-order valence-corrected chi connectivity index (χ2v) is 6.51. The molecule has 0 bridgehead atoms. The van der Waals surface area contributed by atoms with Gasteiger partial charge in [0, 0.05) is 12.6 Å². The summed E-state index contributed by atoms with van der Waals surface area (Å²) in [4.78, 5) is 0. The highest BCUT2D eigenvalue weighted by Gasteiger charge is 2.30. The Balaban J connectivity index is 2.06. The van der Waals surface area contributed by atoms with Gasteiger partial charge in [0.2, 0.25) is 0 Å². The lowest BCUT2D eigenvalue weighted by Gasteiger charge is -2.36. The van der Waals surface area contributed by atoms with Crippen molar-refractivity contribution < 1.29 is 4.74 Å². The summed E-state index contributed by atoms with van der Waals surface area (Å²) in [6, 6.07) is 0.395. The van der Waals surface area contributed by atoms with E-state index in [0.717, 1.165) is 12.5 Å². The Morgan fingerprint density at radius 3 is 2.44 bits per heavy atom. The second kappa shape index (κ2) is 6.02. The highest BCUT2D eigenvalue weighted by Crippen LogP contribution is 2.34. The molecule has 0 amide bonds. The smallest absolute Gasteiger partial charge is 0.0580 e. The van der Waals surface area contributed by atoms with E-state index >= 15 is 0 Å². The van der Waals surface area contributed by atoms with Gasteiger partial charge < -0.3 is 10.5 Å². The SMILES string of the molecule is CCOC1CC(CC(N)CCC(C)(C)C)C1. The zero-order valence-electron chi connectivity index (χ0n) is 11.5. The lowest BCUT2D eigenvalue weighted by molar-refractivity contribution is -0.0284. The van der Waals surface area contributed by atoms with Crippen LogP contribution in [-0.2, 0) is 4.74 Å². The normalized spacial score (nSPS) is 27.6. The van der Waals surface area contributed by atoms with Crippen molar-refractivity contribution in [2.75, 3.05) is 6.61 Å². The van der Waals surface area contributed by atoms with Crippen LogP contribution in [0.3, 0.4) is 0 Å². The minimum Gasteiger partial charge on any atom is -0.378 e. The molecule has 0 aromatic rings. The van der Waals surface area contributed by atoms with Crippen molar-refractivity contribution in [3.8, 4) is 0 Å². The van der Waals surface area contributed by atoms with Gasteiger partial charge in [-0.3, -0.25) is 0 Å². The molecule has 2 N–H and O–H groups in total. The Labute approximate surface area is 101 Å². The standard InChI is InChI=1S/C14H29NO/c1-5-16-13-9-11(10-13)8-12(15)6-7-14(2,3)4/h11-13H,5-10,15H2,1-4H3. The van der Waals surface area contributed by atoms with E-state index in [0.29, 0.717) is 17.6 Å². The molecule has 1 unspecified atom stereocenters. The summed E-state index contributed by atoms with van der Waals surface area (Å²) in [6.07, 6.45) is 6.59. The van der Waals surface area contributed by atoms with Gasteiger partial charge in [-0.05, 0) is 50.4 Å². The maximum absolute atomic E-state index is 6.17. The van der Waals surface area contributed by atoms with Crippen LogP contribution in [0.1, 0.15) is 59.8 Å². The molecule has 2 heteroatoms. The zero-order chi connectivity index (χ0) is 12.2. The third-order valence-electron chi connectivity index (χ3n) is 3.50. The zero-order valence-corrected chi connectivity index (χ0v) is 11.5. The van der Waals surface area contributed by atoms with Crippen molar-refractivity contribution >= 4 is 0 Å². The first-order valence-electron chi connectivity index (χ1n) is 6.78. The third-order valence-corrected chi connectivity index (χ3v) is 3.50. The number of hydrogen-bond donors (Lipinski definition) is 1. The Morgan fingerprint density at radius 2 is 1.94 bits per heavy atom. The number of ether oxygens (including phenoxy) is 1. The summed E-state index contributed by atoms with van der Waals surface area (Å²) in [5.74, 6) is 0.825. The molecule has 1 saturated carbocycles. The Kier molecular flexibility index (Phi) is 5.26. The first-order valence-corrected chi connectivity index (χ1v) is 6.78. The van der Waals surface area contributed by atoms with Gasteiger partial charge in [-0.1, -0.05) is 20.8 Å². The Bertz CT molecular complexity index is 191. The molecule has 0 aliphatic heterocycles. The summed E-state index contributed by atoms with van der Waals surface area (Å²) >= 11 is 0. The van der Waals surface area contributed by atoms with E-state index < -0.39 is 0 Å². The largest absolute Gasteiger partial charge is 0.378 e. The Hall–Kier alpha value is -0.0800. The minimum atomic E-state index is 0.395. The average molecular weight is 227 g/mol. The summed E-state index contributed by atoms with van der Waals surface area (Å²) in [5, 5.41) is 0. The topological polar surface area (TPSA) is 35.2 Å². The first-order chi connectivity index (χ1) is 7.40. The molecule has 0 heterocycles. The molecular weight excluding hydrogens is 198 g/mol. The van der Waals surface area contributed by atoms with Gasteiger partial charge in [-0.15, -0.1) is 0 Å². The van der Waals surface area contributed by atoms with E-state index in [1.807, 2.05) is 0 Å². The summed E-state index contributed by atoms with van der Waals surface area (Å²) in [6.45, 7) is 9.78. The number of nitrogens with two attached hydrogens (primary N) is 1. The number of hydrogen-bond acceptors (Lipinski definition) is 2. The lowest BCUT2D eigenvalue weighted by Crippen LogP contribution is -2.36. The van der Waals surface area contributed by atoms with Gasteiger partial charge in [0.15, 0.2) is 0 Å². The Morgan fingerprint density at radius 1 is 1.31 bits per heavy atom.